The van der Waals surface area contributed by atoms with Crippen LogP contribution in [0, 0.1) is 6.92 Å². The van der Waals surface area contributed by atoms with E-state index >= 15 is 0 Å². The Bertz CT molecular complexity index is 523. The molecule has 1 atom stereocenters. The summed E-state index contributed by atoms with van der Waals surface area (Å²) in [6.07, 6.45) is -0.349. The quantitative estimate of drug-likeness (QED) is 0.792. The fourth-order valence-electron chi connectivity index (χ4n) is 1.69. The first-order valence-corrected chi connectivity index (χ1v) is 8.03. The van der Waals surface area contributed by atoms with Crippen LogP contribution < -0.4 is 0 Å². The molecular weight excluding hydrogens is 350 g/mol. The first kappa shape index (κ1) is 19.0. The predicted octanol–water partition coefficient (Wildman–Crippen LogP) is 3.26. The van der Waals surface area contributed by atoms with Gasteiger partial charge in [0.05, 0.1) is 23.7 Å². The normalized spacial score (nSPS) is 13.1. The second kappa shape index (κ2) is 7.46. The van der Waals surface area contributed by atoms with Crippen LogP contribution in [0.3, 0.4) is 0 Å². The van der Waals surface area contributed by atoms with Gasteiger partial charge in [0, 0.05) is 19.8 Å². The van der Waals surface area contributed by atoms with Crippen molar-refractivity contribution in [3.05, 3.63) is 15.9 Å². The van der Waals surface area contributed by atoms with Crippen molar-refractivity contribution in [2.24, 2.45) is 7.05 Å². The number of hydrogen-bond acceptors (Lipinski definition) is 4. The minimum Gasteiger partial charge on any atom is -0.444 e. The average Bonchev–Trinajstić information content (AvgIpc) is 2.63. The zero-order valence-corrected chi connectivity index (χ0v) is 16.0. The van der Waals surface area contributed by atoms with Gasteiger partial charge >= 0.3 is 6.09 Å². The molecule has 0 fully saturated rings. The van der Waals surface area contributed by atoms with Gasteiger partial charge in [0.2, 0.25) is 0 Å². The Balaban J connectivity index is 2.47. The SMILES string of the molecule is Cc1c(Br)c(COC[C@@H](C)N(C)C(=O)OC(C)(C)C)nn1C. The predicted molar refractivity (Wildman–Crippen MR) is 88.8 cm³/mol. The third kappa shape index (κ3) is 5.28. The number of aryl methyl sites for hydroxylation is 1. The van der Waals surface area contributed by atoms with Crippen LogP contribution in [0.25, 0.3) is 0 Å². The monoisotopic (exact) mass is 375 g/mol. The summed E-state index contributed by atoms with van der Waals surface area (Å²) in [5.74, 6) is 0. The highest BCUT2D eigenvalue weighted by molar-refractivity contribution is 9.10. The average molecular weight is 376 g/mol. The number of carbonyl (C=O) groups excluding carboxylic acids is 1. The Labute approximate surface area is 140 Å². The van der Waals surface area contributed by atoms with Gasteiger partial charge in [0.15, 0.2) is 0 Å². The highest BCUT2D eigenvalue weighted by atomic mass is 79.9. The molecule has 1 aromatic rings. The summed E-state index contributed by atoms with van der Waals surface area (Å²) < 4.78 is 13.8. The van der Waals surface area contributed by atoms with Crippen LogP contribution in [0.15, 0.2) is 4.47 Å². The largest absolute Gasteiger partial charge is 0.444 e. The van der Waals surface area contributed by atoms with Crippen LogP contribution in [0.4, 0.5) is 4.79 Å². The van der Waals surface area contributed by atoms with E-state index in [1.807, 2.05) is 41.7 Å². The Morgan fingerprint density at radius 3 is 2.50 bits per heavy atom. The Hall–Kier alpha value is -1.08. The van der Waals surface area contributed by atoms with Gasteiger partial charge in [-0.1, -0.05) is 0 Å². The number of amides is 1. The van der Waals surface area contributed by atoms with Crippen LogP contribution in [0.1, 0.15) is 39.1 Å². The van der Waals surface area contributed by atoms with Crippen molar-refractivity contribution in [3.8, 4) is 0 Å². The van der Waals surface area contributed by atoms with Crippen LogP contribution in [-0.4, -0.2) is 46.1 Å². The minimum absolute atomic E-state index is 0.0848. The van der Waals surface area contributed by atoms with Gasteiger partial charge in [-0.25, -0.2) is 4.79 Å². The van der Waals surface area contributed by atoms with Gasteiger partial charge in [-0.2, -0.15) is 5.10 Å². The van der Waals surface area contributed by atoms with Gasteiger partial charge in [-0.15, -0.1) is 0 Å². The summed E-state index contributed by atoms with van der Waals surface area (Å²) in [5.41, 5.74) is 1.41. The van der Waals surface area contributed by atoms with E-state index in [-0.39, 0.29) is 12.1 Å². The number of aromatic nitrogens is 2. The van der Waals surface area contributed by atoms with E-state index in [1.165, 1.54) is 0 Å². The number of ether oxygens (including phenoxy) is 2. The maximum atomic E-state index is 12.0. The third-order valence-corrected chi connectivity index (χ3v) is 4.30. The number of nitrogens with zero attached hydrogens (tertiary/aromatic N) is 3. The molecule has 1 rings (SSSR count). The van der Waals surface area contributed by atoms with Crippen molar-refractivity contribution in [1.82, 2.24) is 14.7 Å². The van der Waals surface area contributed by atoms with Crippen LogP contribution in [-0.2, 0) is 23.1 Å². The van der Waals surface area contributed by atoms with E-state index in [0.717, 1.165) is 15.9 Å². The van der Waals surface area contributed by atoms with E-state index in [4.69, 9.17) is 9.47 Å². The first-order valence-electron chi connectivity index (χ1n) is 7.24. The summed E-state index contributed by atoms with van der Waals surface area (Å²) in [4.78, 5) is 13.5. The fraction of sp³-hybridized carbons (Fsp3) is 0.733. The zero-order chi connectivity index (χ0) is 17.1. The number of halogens is 1. The van der Waals surface area contributed by atoms with Crippen molar-refractivity contribution < 1.29 is 14.3 Å². The molecule has 0 spiro atoms. The lowest BCUT2D eigenvalue weighted by Crippen LogP contribution is -2.41. The smallest absolute Gasteiger partial charge is 0.410 e. The second-order valence-corrected chi connectivity index (χ2v) is 7.22. The molecule has 126 valence electrons. The molecule has 0 saturated carbocycles. The summed E-state index contributed by atoms with van der Waals surface area (Å²) in [6.45, 7) is 10.3. The standard InChI is InChI=1S/C15H26BrN3O3/c1-10(18(6)14(20)22-15(3,4)5)8-21-9-12-13(16)11(2)19(7)17-12/h10H,8-9H2,1-7H3/t10-/m1/s1. The Morgan fingerprint density at radius 1 is 1.45 bits per heavy atom. The number of rotatable bonds is 5. The molecule has 0 aliphatic rings. The molecule has 7 heteroatoms. The van der Waals surface area contributed by atoms with Gasteiger partial charge in [0.25, 0.3) is 0 Å². The lowest BCUT2D eigenvalue weighted by Gasteiger charge is -2.28. The number of likely N-dealkylation sites (N-methyl/N-ethyl adjacent to an activating group) is 1. The lowest BCUT2D eigenvalue weighted by molar-refractivity contribution is 0.00884. The van der Waals surface area contributed by atoms with Crippen molar-refractivity contribution in [3.63, 3.8) is 0 Å². The molecule has 1 amide bonds. The zero-order valence-electron chi connectivity index (χ0n) is 14.4. The maximum Gasteiger partial charge on any atom is 0.410 e. The van der Waals surface area contributed by atoms with E-state index in [1.54, 1.807) is 16.6 Å². The molecule has 1 aromatic heterocycles. The van der Waals surface area contributed by atoms with Crippen LogP contribution in [0.5, 0.6) is 0 Å². The van der Waals surface area contributed by atoms with Crippen molar-refractivity contribution in [1.29, 1.82) is 0 Å². The van der Waals surface area contributed by atoms with Gasteiger partial charge in [-0.05, 0) is 50.5 Å². The van der Waals surface area contributed by atoms with E-state index in [9.17, 15) is 4.79 Å². The summed E-state index contributed by atoms with van der Waals surface area (Å²) in [7, 11) is 3.60. The highest BCUT2D eigenvalue weighted by Gasteiger charge is 2.23. The van der Waals surface area contributed by atoms with Gasteiger partial charge in [-0.3, -0.25) is 4.68 Å². The number of carbonyl (C=O) groups is 1. The van der Waals surface area contributed by atoms with Crippen LogP contribution >= 0.6 is 15.9 Å². The molecule has 0 aliphatic carbocycles. The summed E-state index contributed by atoms with van der Waals surface area (Å²) in [6, 6.07) is -0.0848. The molecule has 0 aromatic carbocycles. The van der Waals surface area contributed by atoms with Crippen LogP contribution in [0.2, 0.25) is 0 Å². The summed E-state index contributed by atoms with van der Waals surface area (Å²) >= 11 is 3.51. The molecule has 6 nitrogen and oxygen atoms in total. The summed E-state index contributed by atoms with van der Waals surface area (Å²) in [5, 5.41) is 4.37. The van der Waals surface area contributed by atoms with E-state index < -0.39 is 5.60 Å². The number of hydrogen-bond donors (Lipinski definition) is 0. The van der Waals surface area contributed by atoms with Gasteiger partial charge in [0.1, 0.15) is 11.3 Å². The molecule has 0 aliphatic heterocycles. The van der Waals surface area contributed by atoms with E-state index in [2.05, 4.69) is 21.0 Å². The second-order valence-electron chi connectivity index (χ2n) is 6.43. The molecule has 0 unspecified atom stereocenters. The molecule has 1 heterocycles. The highest BCUT2D eigenvalue weighted by Crippen LogP contribution is 2.20. The lowest BCUT2D eigenvalue weighted by atomic mass is 10.2. The Kier molecular flexibility index (Phi) is 6.43. The van der Waals surface area contributed by atoms with Crippen molar-refractivity contribution in [2.45, 2.75) is 52.9 Å². The Morgan fingerprint density at radius 2 is 2.05 bits per heavy atom. The molecule has 0 N–H and O–H groups in total. The molecular formula is C15H26BrN3O3. The third-order valence-electron chi connectivity index (χ3n) is 3.27. The molecule has 0 saturated heterocycles. The van der Waals surface area contributed by atoms with Crippen molar-refractivity contribution >= 4 is 22.0 Å². The molecule has 0 bridgehead atoms. The maximum absolute atomic E-state index is 12.0. The topological polar surface area (TPSA) is 56.6 Å². The molecule has 0 radical (unpaired) electrons. The van der Waals surface area contributed by atoms with Gasteiger partial charge < -0.3 is 14.4 Å². The minimum atomic E-state index is -0.498. The van der Waals surface area contributed by atoms with E-state index in [0.29, 0.717) is 13.2 Å². The van der Waals surface area contributed by atoms with Crippen molar-refractivity contribution in [2.75, 3.05) is 13.7 Å². The fourth-order valence-corrected chi connectivity index (χ4v) is 2.15. The first-order chi connectivity index (χ1) is 10.0. The molecule has 22 heavy (non-hydrogen) atoms.